The highest BCUT2D eigenvalue weighted by Crippen LogP contribution is 2.29. The summed E-state index contributed by atoms with van der Waals surface area (Å²) in [6.07, 6.45) is 0. The number of nitrogens with one attached hydrogen (secondary N) is 1. The number of hydrogen-bond acceptors (Lipinski definition) is 6. The molecule has 5 nitrogen and oxygen atoms in total. The largest absolute Gasteiger partial charge is 0.451 e. The van der Waals surface area contributed by atoms with E-state index >= 15 is 0 Å². The highest BCUT2D eigenvalue weighted by Gasteiger charge is 2.16. The maximum Gasteiger partial charge on any atom is 0.293 e. The van der Waals surface area contributed by atoms with Crippen molar-refractivity contribution in [1.29, 1.82) is 0 Å². The molecule has 0 aliphatic heterocycles. The predicted octanol–water partition coefficient (Wildman–Crippen LogP) is 5.62. The Labute approximate surface area is 172 Å². The first-order valence-corrected chi connectivity index (χ1v) is 10.3. The first kappa shape index (κ1) is 19.3. The van der Waals surface area contributed by atoms with Crippen molar-refractivity contribution in [2.75, 3.05) is 5.32 Å². The van der Waals surface area contributed by atoms with Crippen LogP contribution in [-0.2, 0) is 5.75 Å². The van der Waals surface area contributed by atoms with Gasteiger partial charge in [-0.05, 0) is 42.0 Å². The Morgan fingerprint density at radius 1 is 1.03 bits per heavy atom. The summed E-state index contributed by atoms with van der Waals surface area (Å²) in [7, 11) is 0. The Morgan fingerprint density at radius 3 is 2.62 bits per heavy atom. The van der Waals surface area contributed by atoms with Crippen LogP contribution in [0.25, 0.3) is 11.3 Å². The standard InChI is InChI=1S/C20H13F2N3O2S2/c21-13-7-5-12(6-8-13)11-28-20-25-24-19(29-20)23-18(26)17-10-9-16(27-17)14-3-1-2-4-15(14)22/h1-10H,11H2,(H,23,24,26). The van der Waals surface area contributed by atoms with Crippen LogP contribution in [0.15, 0.2) is 69.4 Å². The molecule has 1 N–H and O–H groups in total. The lowest BCUT2D eigenvalue weighted by molar-refractivity contribution is 0.0997. The summed E-state index contributed by atoms with van der Waals surface area (Å²) in [6, 6.07) is 15.4. The Hall–Kier alpha value is -3.04. The zero-order valence-electron chi connectivity index (χ0n) is 14.8. The smallest absolute Gasteiger partial charge is 0.293 e. The molecule has 0 saturated carbocycles. The molecule has 2 aromatic heterocycles. The zero-order valence-corrected chi connectivity index (χ0v) is 16.4. The van der Waals surface area contributed by atoms with Crippen LogP contribution in [0.2, 0.25) is 0 Å². The van der Waals surface area contributed by atoms with E-state index in [0.29, 0.717) is 15.2 Å². The summed E-state index contributed by atoms with van der Waals surface area (Å²) in [6.45, 7) is 0. The minimum atomic E-state index is -0.501. The van der Waals surface area contributed by atoms with Gasteiger partial charge < -0.3 is 4.42 Å². The van der Waals surface area contributed by atoms with Crippen LogP contribution in [0.1, 0.15) is 16.1 Å². The molecule has 0 fully saturated rings. The number of carbonyl (C=O) groups is 1. The normalized spacial score (nSPS) is 10.8. The van der Waals surface area contributed by atoms with Gasteiger partial charge in [0.25, 0.3) is 5.91 Å². The molecular formula is C20H13F2N3O2S2. The third-order valence-corrected chi connectivity index (χ3v) is 5.91. The molecule has 0 saturated heterocycles. The summed E-state index contributed by atoms with van der Waals surface area (Å²) < 4.78 is 32.9. The second-order valence-electron chi connectivity index (χ2n) is 5.89. The van der Waals surface area contributed by atoms with E-state index in [9.17, 15) is 13.6 Å². The molecule has 2 aromatic carbocycles. The van der Waals surface area contributed by atoms with Gasteiger partial charge in [-0.15, -0.1) is 10.2 Å². The SMILES string of the molecule is O=C(Nc1nnc(SCc2ccc(F)cc2)s1)c1ccc(-c2ccccc2F)o1. The third-order valence-electron chi connectivity index (χ3n) is 3.87. The van der Waals surface area contributed by atoms with Crippen molar-refractivity contribution in [1.82, 2.24) is 10.2 Å². The number of anilines is 1. The molecule has 9 heteroatoms. The predicted molar refractivity (Wildman–Crippen MR) is 108 cm³/mol. The molecular weight excluding hydrogens is 416 g/mol. The lowest BCUT2D eigenvalue weighted by Gasteiger charge is -1.99. The van der Waals surface area contributed by atoms with Crippen molar-refractivity contribution in [3.63, 3.8) is 0 Å². The average Bonchev–Trinajstić information content (AvgIpc) is 3.38. The van der Waals surface area contributed by atoms with Gasteiger partial charge >= 0.3 is 0 Å². The summed E-state index contributed by atoms with van der Waals surface area (Å²) >= 11 is 2.65. The van der Waals surface area contributed by atoms with Gasteiger partial charge in [0.1, 0.15) is 17.4 Å². The Balaban J connectivity index is 1.38. The lowest BCUT2D eigenvalue weighted by atomic mass is 10.1. The van der Waals surface area contributed by atoms with E-state index in [1.807, 2.05) is 0 Å². The molecule has 0 aliphatic carbocycles. The van der Waals surface area contributed by atoms with Gasteiger partial charge in [-0.2, -0.15) is 0 Å². The molecule has 4 rings (SSSR count). The molecule has 2 heterocycles. The monoisotopic (exact) mass is 429 g/mol. The number of amides is 1. The Morgan fingerprint density at radius 2 is 1.83 bits per heavy atom. The van der Waals surface area contributed by atoms with Crippen LogP contribution in [-0.4, -0.2) is 16.1 Å². The highest BCUT2D eigenvalue weighted by atomic mass is 32.2. The minimum Gasteiger partial charge on any atom is -0.451 e. The second-order valence-corrected chi connectivity index (χ2v) is 8.09. The van der Waals surface area contributed by atoms with Crippen molar-refractivity contribution in [2.24, 2.45) is 0 Å². The fourth-order valence-electron chi connectivity index (χ4n) is 2.47. The van der Waals surface area contributed by atoms with Crippen molar-refractivity contribution in [3.05, 3.63) is 83.6 Å². The first-order chi connectivity index (χ1) is 14.1. The molecule has 0 bridgehead atoms. The number of nitrogens with zero attached hydrogens (tertiary/aromatic N) is 2. The minimum absolute atomic E-state index is 0.0407. The van der Waals surface area contributed by atoms with E-state index < -0.39 is 11.7 Å². The maximum atomic E-state index is 13.9. The number of rotatable bonds is 6. The molecule has 1 amide bonds. The van der Waals surface area contributed by atoms with Gasteiger partial charge in [0.05, 0.1) is 5.56 Å². The Bertz CT molecular complexity index is 1140. The fourth-order valence-corrected chi connectivity index (χ4v) is 4.17. The van der Waals surface area contributed by atoms with Gasteiger partial charge in [-0.3, -0.25) is 10.1 Å². The Kier molecular flexibility index (Phi) is 5.68. The highest BCUT2D eigenvalue weighted by molar-refractivity contribution is 8.00. The average molecular weight is 429 g/mol. The van der Waals surface area contributed by atoms with Crippen molar-refractivity contribution >= 4 is 34.1 Å². The summed E-state index contributed by atoms with van der Waals surface area (Å²) in [4.78, 5) is 12.4. The van der Waals surface area contributed by atoms with Crippen LogP contribution in [0.4, 0.5) is 13.9 Å². The molecule has 29 heavy (non-hydrogen) atoms. The van der Waals surface area contributed by atoms with Gasteiger partial charge in [0, 0.05) is 5.75 Å². The van der Waals surface area contributed by atoms with Gasteiger partial charge in [0.2, 0.25) is 5.13 Å². The summed E-state index contributed by atoms with van der Waals surface area (Å²) in [5.74, 6) is -0.303. The summed E-state index contributed by atoms with van der Waals surface area (Å²) in [5, 5.41) is 10.9. The van der Waals surface area contributed by atoms with Crippen LogP contribution in [0.5, 0.6) is 0 Å². The maximum absolute atomic E-state index is 13.9. The molecule has 0 aliphatic rings. The number of benzene rings is 2. The van der Waals surface area contributed by atoms with Crippen LogP contribution >= 0.6 is 23.1 Å². The number of halogens is 2. The van der Waals surface area contributed by atoms with Gasteiger partial charge in [-0.25, -0.2) is 8.78 Å². The number of thioether (sulfide) groups is 1. The van der Waals surface area contributed by atoms with Crippen LogP contribution in [0, 0.1) is 11.6 Å². The topological polar surface area (TPSA) is 68.0 Å². The van der Waals surface area contributed by atoms with Crippen molar-refractivity contribution in [2.45, 2.75) is 10.1 Å². The van der Waals surface area contributed by atoms with Crippen molar-refractivity contribution < 1.29 is 18.0 Å². The van der Waals surface area contributed by atoms with E-state index in [1.54, 1.807) is 30.3 Å². The molecule has 0 spiro atoms. The number of hydrogen-bond donors (Lipinski definition) is 1. The molecule has 146 valence electrons. The number of furan rings is 1. The van der Waals surface area contributed by atoms with Crippen LogP contribution in [0.3, 0.4) is 0 Å². The lowest BCUT2D eigenvalue weighted by Crippen LogP contribution is -2.10. The van der Waals surface area contributed by atoms with Crippen molar-refractivity contribution in [3.8, 4) is 11.3 Å². The van der Waals surface area contributed by atoms with E-state index in [1.165, 1.54) is 53.4 Å². The molecule has 0 radical (unpaired) electrons. The zero-order chi connectivity index (χ0) is 20.2. The fraction of sp³-hybridized carbons (Fsp3) is 0.0500. The number of aromatic nitrogens is 2. The van der Waals surface area contributed by atoms with E-state index in [2.05, 4.69) is 15.5 Å². The second kappa shape index (κ2) is 8.54. The summed E-state index contributed by atoms with van der Waals surface area (Å²) in [5.41, 5.74) is 1.23. The molecule has 0 unspecified atom stereocenters. The first-order valence-electron chi connectivity index (χ1n) is 8.45. The quantitative estimate of drug-likeness (QED) is 0.318. The van der Waals surface area contributed by atoms with E-state index in [-0.39, 0.29) is 22.9 Å². The third kappa shape index (κ3) is 4.69. The molecule has 4 aromatic rings. The van der Waals surface area contributed by atoms with Gasteiger partial charge in [0.15, 0.2) is 10.1 Å². The van der Waals surface area contributed by atoms with E-state index in [4.69, 9.17) is 4.42 Å². The van der Waals surface area contributed by atoms with Gasteiger partial charge in [-0.1, -0.05) is 47.4 Å². The van der Waals surface area contributed by atoms with Crippen LogP contribution < -0.4 is 5.32 Å². The molecule has 0 atom stereocenters. The van der Waals surface area contributed by atoms with E-state index in [0.717, 1.165) is 5.56 Å². The number of carbonyl (C=O) groups excluding carboxylic acids is 1.